The number of hydrogen-bond donors (Lipinski definition) is 1. The smallest absolute Gasteiger partial charge is 0.216 e. The second kappa shape index (κ2) is 8.05. The van der Waals surface area contributed by atoms with Gasteiger partial charge >= 0.3 is 0 Å². The quantitative estimate of drug-likeness (QED) is 0.521. The summed E-state index contributed by atoms with van der Waals surface area (Å²) < 4.78 is 12.6. The van der Waals surface area contributed by atoms with Crippen LogP contribution >= 0.6 is 12.2 Å². The first-order valence-electron chi connectivity index (χ1n) is 8.25. The molecule has 8 heteroatoms. The van der Waals surface area contributed by atoms with Gasteiger partial charge in [-0.15, -0.1) is 0 Å². The van der Waals surface area contributed by atoms with Crippen molar-refractivity contribution in [2.75, 3.05) is 33.2 Å². The molecular formula is C19H21N5O2S. The molecule has 0 aliphatic heterocycles. The first-order valence-corrected chi connectivity index (χ1v) is 8.66. The Morgan fingerprint density at radius 3 is 2.48 bits per heavy atom. The molecule has 0 aliphatic carbocycles. The van der Waals surface area contributed by atoms with Gasteiger partial charge < -0.3 is 14.4 Å². The zero-order valence-corrected chi connectivity index (χ0v) is 16.4. The Kier molecular flexibility index (Phi) is 5.56. The van der Waals surface area contributed by atoms with Crippen LogP contribution in [0.25, 0.3) is 11.4 Å². The second-order valence-electron chi connectivity index (χ2n) is 5.96. The highest BCUT2D eigenvalue weighted by molar-refractivity contribution is 7.71. The highest BCUT2D eigenvalue weighted by atomic mass is 32.1. The summed E-state index contributed by atoms with van der Waals surface area (Å²) in [7, 11) is 7.22. The third-order valence-corrected chi connectivity index (χ3v) is 4.31. The molecule has 0 aliphatic rings. The molecule has 0 spiro atoms. The fraction of sp³-hybridized carbons (Fsp3) is 0.211. The molecule has 27 heavy (non-hydrogen) atoms. The monoisotopic (exact) mass is 383 g/mol. The van der Waals surface area contributed by atoms with Crippen LogP contribution in [0, 0.1) is 4.77 Å². The van der Waals surface area contributed by atoms with Crippen LogP contribution in [0.2, 0.25) is 0 Å². The van der Waals surface area contributed by atoms with Crippen LogP contribution < -0.4 is 14.4 Å². The van der Waals surface area contributed by atoms with Gasteiger partial charge in [-0.05, 0) is 54.7 Å². The molecule has 0 atom stereocenters. The number of methoxy groups -OCH3 is 2. The lowest BCUT2D eigenvalue weighted by molar-refractivity contribution is 0.402. The molecule has 140 valence electrons. The number of ether oxygens (including phenoxy) is 2. The van der Waals surface area contributed by atoms with Gasteiger partial charge in [-0.25, -0.2) is 5.10 Å². The normalized spacial score (nSPS) is 11.0. The Bertz CT molecular complexity index is 1010. The molecule has 3 rings (SSSR count). The maximum Gasteiger partial charge on any atom is 0.216 e. The Hall–Kier alpha value is -3.13. The lowest BCUT2D eigenvalue weighted by Crippen LogP contribution is -2.08. The molecule has 0 fully saturated rings. The van der Waals surface area contributed by atoms with Crippen LogP contribution in [0.5, 0.6) is 11.5 Å². The highest BCUT2D eigenvalue weighted by Crippen LogP contribution is 2.24. The number of aromatic amines is 1. The summed E-state index contributed by atoms with van der Waals surface area (Å²) >= 11 is 5.33. The minimum atomic E-state index is 0.403. The van der Waals surface area contributed by atoms with E-state index in [0.717, 1.165) is 16.8 Å². The number of nitrogens with one attached hydrogen (secondary N) is 1. The van der Waals surface area contributed by atoms with E-state index in [-0.39, 0.29) is 0 Å². The fourth-order valence-corrected chi connectivity index (χ4v) is 2.73. The summed E-state index contributed by atoms with van der Waals surface area (Å²) in [5, 5.41) is 11.6. The minimum Gasteiger partial charge on any atom is -0.497 e. The third-order valence-electron chi connectivity index (χ3n) is 4.04. The third kappa shape index (κ3) is 4.01. The molecule has 0 amide bonds. The average molecular weight is 383 g/mol. The molecule has 7 nitrogen and oxygen atoms in total. The maximum atomic E-state index is 5.39. The SMILES string of the molecule is COc1ccc(OC)c(/C=N\n2c(-c3ccc(N(C)C)cc3)n[nH]c2=S)c1. The van der Waals surface area contributed by atoms with Crippen LogP contribution in [0.1, 0.15) is 5.56 Å². The van der Waals surface area contributed by atoms with Gasteiger partial charge in [0, 0.05) is 30.9 Å². The number of nitrogens with zero attached hydrogens (tertiary/aromatic N) is 4. The Balaban J connectivity index is 1.98. The standard InChI is InChI=1S/C19H21N5O2S/c1-23(2)15-7-5-13(6-8-15)18-21-22-19(27)24(18)20-12-14-11-16(25-3)9-10-17(14)26-4/h5-12H,1-4H3,(H,22,27)/b20-12-. The summed E-state index contributed by atoms with van der Waals surface area (Å²) in [5.41, 5.74) is 2.78. The summed E-state index contributed by atoms with van der Waals surface area (Å²) in [4.78, 5) is 2.04. The van der Waals surface area contributed by atoms with Crippen molar-refractivity contribution < 1.29 is 9.47 Å². The topological polar surface area (TPSA) is 67.7 Å². The molecule has 2 aromatic carbocycles. The number of H-pyrrole nitrogens is 1. The van der Waals surface area contributed by atoms with Crippen molar-refractivity contribution in [2.45, 2.75) is 0 Å². The zero-order valence-electron chi connectivity index (χ0n) is 15.6. The predicted molar refractivity (Wildman–Crippen MR) is 110 cm³/mol. The van der Waals surface area contributed by atoms with E-state index in [1.54, 1.807) is 25.1 Å². The molecule has 1 N–H and O–H groups in total. The van der Waals surface area contributed by atoms with Crippen molar-refractivity contribution in [2.24, 2.45) is 5.10 Å². The molecule has 0 saturated carbocycles. The van der Waals surface area contributed by atoms with E-state index in [4.69, 9.17) is 21.7 Å². The van der Waals surface area contributed by atoms with Crippen molar-refractivity contribution in [1.82, 2.24) is 14.9 Å². The van der Waals surface area contributed by atoms with Gasteiger partial charge in [-0.2, -0.15) is 14.9 Å². The van der Waals surface area contributed by atoms with Gasteiger partial charge in [-0.1, -0.05) is 0 Å². The Labute approximate surface area is 162 Å². The molecule has 1 aromatic heterocycles. The van der Waals surface area contributed by atoms with Crippen molar-refractivity contribution in [3.8, 4) is 22.9 Å². The summed E-state index contributed by atoms with van der Waals surface area (Å²) in [6.45, 7) is 0. The summed E-state index contributed by atoms with van der Waals surface area (Å²) in [5.74, 6) is 2.03. The maximum absolute atomic E-state index is 5.39. The number of anilines is 1. The van der Waals surface area contributed by atoms with Crippen LogP contribution in [-0.2, 0) is 0 Å². The van der Waals surface area contributed by atoms with Gasteiger partial charge in [0.2, 0.25) is 4.77 Å². The largest absolute Gasteiger partial charge is 0.497 e. The first kappa shape index (κ1) is 18.7. The van der Waals surface area contributed by atoms with Gasteiger partial charge in [0.05, 0.1) is 20.4 Å². The van der Waals surface area contributed by atoms with Crippen LogP contribution in [0.4, 0.5) is 5.69 Å². The van der Waals surface area contributed by atoms with Crippen LogP contribution in [0.3, 0.4) is 0 Å². The van der Waals surface area contributed by atoms with E-state index < -0.39 is 0 Å². The van der Waals surface area contributed by atoms with Gasteiger partial charge in [0.15, 0.2) is 5.82 Å². The fourth-order valence-electron chi connectivity index (χ4n) is 2.55. The lowest BCUT2D eigenvalue weighted by atomic mass is 10.2. The van der Waals surface area contributed by atoms with Crippen molar-refractivity contribution in [1.29, 1.82) is 0 Å². The molecule has 3 aromatic rings. The highest BCUT2D eigenvalue weighted by Gasteiger charge is 2.09. The first-order chi connectivity index (χ1) is 13.0. The van der Waals surface area contributed by atoms with Crippen LogP contribution in [0.15, 0.2) is 47.6 Å². The van der Waals surface area contributed by atoms with Gasteiger partial charge in [0.1, 0.15) is 11.5 Å². The van der Waals surface area contributed by atoms with E-state index in [1.807, 2.05) is 61.5 Å². The van der Waals surface area contributed by atoms with Crippen molar-refractivity contribution in [3.05, 3.63) is 52.8 Å². The second-order valence-corrected chi connectivity index (χ2v) is 6.34. The van der Waals surface area contributed by atoms with Crippen LogP contribution in [-0.4, -0.2) is 49.4 Å². The predicted octanol–water partition coefficient (Wildman–Crippen LogP) is 3.57. The van der Waals surface area contributed by atoms with E-state index in [9.17, 15) is 0 Å². The van der Waals surface area contributed by atoms with Crippen molar-refractivity contribution >= 4 is 24.1 Å². The number of aromatic nitrogens is 3. The molecule has 0 bridgehead atoms. The average Bonchev–Trinajstić information content (AvgIpc) is 3.06. The lowest BCUT2D eigenvalue weighted by Gasteiger charge is -2.12. The van der Waals surface area contributed by atoms with E-state index in [0.29, 0.717) is 22.1 Å². The Morgan fingerprint density at radius 2 is 1.85 bits per heavy atom. The zero-order chi connectivity index (χ0) is 19.4. The number of hydrogen-bond acceptors (Lipinski definition) is 6. The van der Waals surface area contributed by atoms with Gasteiger partial charge in [0.25, 0.3) is 0 Å². The summed E-state index contributed by atoms with van der Waals surface area (Å²) in [6, 6.07) is 13.5. The molecule has 0 unspecified atom stereocenters. The Morgan fingerprint density at radius 1 is 1.11 bits per heavy atom. The van der Waals surface area contributed by atoms with E-state index >= 15 is 0 Å². The van der Waals surface area contributed by atoms with E-state index in [2.05, 4.69) is 15.3 Å². The summed E-state index contributed by atoms with van der Waals surface area (Å²) in [6.07, 6.45) is 1.67. The van der Waals surface area contributed by atoms with E-state index in [1.165, 1.54) is 0 Å². The number of benzene rings is 2. The molecular weight excluding hydrogens is 362 g/mol. The molecule has 1 heterocycles. The molecule has 0 radical (unpaired) electrons. The molecule has 0 saturated heterocycles. The number of rotatable bonds is 6. The van der Waals surface area contributed by atoms with Gasteiger partial charge in [-0.3, -0.25) is 0 Å². The van der Waals surface area contributed by atoms with Crippen molar-refractivity contribution in [3.63, 3.8) is 0 Å². The minimum absolute atomic E-state index is 0.403.